The topological polar surface area (TPSA) is 55.9 Å². The minimum atomic E-state index is -0.183. The van der Waals surface area contributed by atoms with E-state index in [2.05, 4.69) is 42.6 Å². The number of hydrogen-bond acceptors (Lipinski definition) is 4. The van der Waals surface area contributed by atoms with Crippen LogP contribution in [0.15, 0.2) is 36.9 Å². The quantitative estimate of drug-likeness (QED) is 0.785. The highest BCUT2D eigenvalue weighted by molar-refractivity contribution is 6.01. The molecule has 6 heteroatoms. The summed E-state index contributed by atoms with van der Waals surface area (Å²) in [4.78, 5) is 30.2. The van der Waals surface area contributed by atoms with Gasteiger partial charge in [0.05, 0.1) is 0 Å². The summed E-state index contributed by atoms with van der Waals surface area (Å²) >= 11 is 0. The first kappa shape index (κ1) is 20.1. The lowest BCUT2D eigenvalue weighted by Crippen LogP contribution is -2.58. The number of rotatable bonds is 6. The second kappa shape index (κ2) is 8.47. The van der Waals surface area contributed by atoms with Crippen molar-refractivity contribution in [3.8, 4) is 0 Å². The van der Waals surface area contributed by atoms with E-state index in [4.69, 9.17) is 0 Å². The number of carbonyl (C=O) groups is 2. The van der Waals surface area contributed by atoms with Gasteiger partial charge >= 0.3 is 0 Å². The Bertz CT molecular complexity index is 654. The van der Waals surface area contributed by atoms with Crippen LogP contribution in [-0.2, 0) is 4.79 Å². The first-order chi connectivity index (χ1) is 12.2. The Morgan fingerprint density at radius 3 is 2.50 bits per heavy atom. The van der Waals surface area contributed by atoms with E-state index >= 15 is 0 Å². The van der Waals surface area contributed by atoms with Gasteiger partial charge in [0, 0.05) is 56.6 Å². The Labute approximate surface area is 156 Å². The summed E-state index contributed by atoms with van der Waals surface area (Å²) in [5.74, 6) is -0.278. The molecule has 0 aliphatic carbocycles. The molecule has 1 aromatic carbocycles. The normalized spacial score (nSPS) is 17.5. The third-order valence-corrected chi connectivity index (χ3v) is 5.13. The molecule has 1 aliphatic heterocycles. The molecule has 1 aromatic rings. The van der Waals surface area contributed by atoms with Gasteiger partial charge in [0.25, 0.3) is 5.91 Å². The Hall–Kier alpha value is -2.18. The van der Waals surface area contributed by atoms with E-state index in [1.165, 1.54) is 11.0 Å². The summed E-state index contributed by atoms with van der Waals surface area (Å²) in [5.41, 5.74) is 1.48. The van der Waals surface area contributed by atoms with Gasteiger partial charge in [-0.2, -0.15) is 0 Å². The van der Waals surface area contributed by atoms with Gasteiger partial charge in [-0.05, 0) is 51.2 Å². The van der Waals surface area contributed by atoms with Gasteiger partial charge in [-0.15, -0.1) is 0 Å². The van der Waals surface area contributed by atoms with Crippen molar-refractivity contribution in [1.82, 2.24) is 15.1 Å². The summed E-state index contributed by atoms with van der Waals surface area (Å²) in [6.07, 6.45) is 1.26. The van der Waals surface area contributed by atoms with E-state index in [1.54, 1.807) is 31.3 Å². The predicted octanol–water partition coefficient (Wildman–Crippen LogP) is 1.59. The fourth-order valence-corrected chi connectivity index (χ4v) is 3.06. The number of piperazine rings is 1. The molecular weight excluding hydrogens is 328 g/mol. The number of nitrogens with one attached hydrogen (secondary N) is 1. The molecule has 1 fully saturated rings. The van der Waals surface area contributed by atoms with E-state index in [1.807, 2.05) is 0 Å². The van der Waals surface area contributed by atoms with E-state index in [0.717, 1.165) is 31.9 Å². The standard InChI is InChI=1S/C20H30N4O2/c1-6-18(25)23(5)17-9-7-16(8-10-17)19(26)21-11-12-24-14-13-22(4)20(2,3)15-24/h6-10H,1,11-15H2,2-5H3,(H,21,26). The number of hydrogen-bond donors (Lipinski definition) is 1. The van der Waals surface area contributed by atoms with Crippen LogP contribution in [0.3, 0.4) is 0 Å². The highest BCUT2D eigenvalue weighted by Crippen LogP contribution is 2.18. The molecule has 0 bridgehead atoms. The van der Waals surface area contributed by atoms with E-state index < -0.39 is 0 Å². The Balaban J connectivity index is 1.83. The largest absolute Gasteiger partial charge is 0.351 e. The highest BCUT2D eigenvalue weighted by Gasteiger charge is 2.30. The zero-order valence-electron chi connectivity index (χ0n) is 16.3. The third kappa shape index (κ3) is 4.93. The van der Waals surface area contributed by atoms with Crippen LogP contribution in [0.1, 0.15) is 24.2 Å². The lowest BCUT2D eigenvalue weighted by Gasteiger charge is -2.45. The first-order valence-corrected chi connectivity index (χ1v) is 8.96. The van der Waals surface area contributed by atoms with Crippen molar-refractivity contribution in [3.63, 3.8) is 0 Å². The number of nitrogens with zero attached hydrogens (tertiary/aromatic N) is 3. The van der Waals surface area contributed by atoms with E-state index in [9.17, 15) is 9.59 Å². The van der Waals surface area contributed by atoms with Crippen LogP contribution in [0.4, 0.5) is 5.69 Å². The van der Waals surface area contributed by atoms with Crippen LogP contribution in [0.25, 0.3) is 0 Å². The van der Waals surface area contributed by atoms with Crippen molar-refractivity contribution in [3.05, 3.63) is 42.5 Å². The smallest absolute Gasteiger partial charge is 0.251 e. The van der Waals surface area contributed by atoms with Crippen LogP contribution >= 0.6 is 0 Å². The molecule has 0 radical (unpaired) electrons. The van der Waals surface area contributed by atoms with Crippen LogP contribution in [-0.4, -0.2) is 74.0 Å². The summed E-state index contributed by atoms with van der Waals surface area (Å²) in [6.45, 7) is 12.5. The zero-order valence-corrected chi connectivity index (χ0v) is 16.3. The van der Waals surface area contributed by atoms with Crippen molar-refractivity contribution in [2.24, 2.45) is 0 Å². The maximum atomic E-state index is 12.3. The van der Waals surface area contributed by atoms with Crippen LogP contribution in [0.5, 0.6) is 0 Å². The van der Waals surface area contributed by atoms with Crippen LogP contribution in [0.2, 0.25) is 0 Å². The zero-order chi connectivity index (χ0) is 19.3. The Morgan fingerprint density at radius 1 is 1.27 bits per heavy atom. The number of amides is 2. The highest BCUT2D eigenvalue weighted by atomic mass is 16.2. The van der Waals surface area contributed by atoms with Gasteiger partial charge in [-0.25, -0.2) is 0 Å². The third-order valence-electron chi connectivity index (χ3n) is 5.13. The van der Waals surface area contributed by atoms with Crippen LogP contribution < -0.4 is 10.2 Å². The molecule has 1 heterocycles. The molecule has 1 aliphatic rings. The minimum absolute atomic E-state index is 0.0948. The van der Waals surface area contributed by atoms with Gasteiger partial charge in [0.15, 0.2) is 0 Å². The molecule has 0 aromatic heterocycles. The van der Waals surface area contributed by atoms with Gasteiger partial charge in [-0.1, -0.05) is 6.58 Å². The SMILES string of the molecule is C=CC(=O)N(C)c1ccc(C(=O)NCCN2CCN(C)C(C)(C)C2)cc1. The number of likely N-dealkylation sites (N-methyl/N-ethyl adjacent to an activating group) is 2. The summed E-state index contributed by atoms with van der Waals surface area (Å²) < 4.78 is 0. The molecular formula is C20H30N4O2. The molecule has 2 amide bonds. The first-order valence-electron chi connectivity index (χ1n) is 8.96. The predicted molar refractivity (Wildman–Crippen MR) is 106 cm³/mol. The molecule has 2 rings (SSSR count). The molecule has 0 saturated carbocycles. The van der Waals surface area contributed by atoms with Crippen LogP contribution in [0, 0.1) is 0 Å². The second-order valence-corrected chi connectivity index (χ2v) is 7.41. The maximum absolute atomic E-state index is 12.3. The molecule has 0 atom stereocenters. The van der Waals surface area contributed by atoms with E-state index in [-0.39, 0.29) is 17.4 Å². The Morgan fingerprint density at radius 2 is 1.92 bits per heavy atom. The molecule has 1 N–H and O–H groups in total. The fraction of sp³-hybridized carbons (Fsp3) is 0.500. The molecule has 0 unspecified atom stereocenters. The van der Waals surface area contributed by atoms with Gasteiger partial charge in [0.2, 0.25) is 5.91 Å². The lowest BCUT2D eigenvalue weighted by molar-refractivity contribution is -0.113. The molecule has 142 valence electrons. The number of benzene rings is 1. The summed E-state index contributed by atoms with van der Waals surface area (Å²) in [6, 6.07) is 6.99. The average molecular weight is 358 g/mol. The lowest BCUT2D eigenvalue weighted by atomic mass is 10.00. The fourth-order valence-electron chi connectivity index (χ4n) is 3.06. The van der Waals surface area contributed by atoms with Gasteiger partial charge in [-0.3, -0.25) is 19.4 Å². The van der Waals surface area contributed by atoms with E-state index in [0.29, 0.717) is 12.1 Å². The van der Waals surface area contributed by atoms with Crippen molar-refractivity contribution >= 4 is 17.5 Å². The Kier molecular flexibility index (Phi) is 6.56. The number of carbonyl (C=O) groups excluding carboxylic acids is 2. The maximum Gasteiger partial charge on any atom is 0.251 e. The van der Waals surface area contributed by atoms with Gasteiger partial charge in [0.1, 0.15) is 0 Å². The monoisotopic (exact) mass is 358 g/mol. The van der Waals surface area contributed by atoms with Crippen molar-refractivity contribution in [2.75, 3.05) is 51.7 Å². The molecule has 0 spiro atoms. The van der Waals surface area contributed by atoms with Crippen molar-refractivity contribution < 1.29 is 9.59 Å². The molecule has 1 saturated heterocycles. The number of anilines is 1. The summed E-state index contributed by atoms with van der Waals surface area (Å²) in [5, 5.41) is 2.98. The summed E-state index contributed by atoms with van der Waals surface area (Å²) in [7, 11) is 3.83. The van der Waals surface area contributed by atoms with Gasteiger partial charge < -0.3 is 10.2 Å². The molecule has 6 nitrogen and oxygen atoms in total. The second-order valence-electron chi connectivity index (χ2n) is 7.41. The minimum Gasteiger partial charge on any atom is -0.351 e. The van der Waals surface area contributed by atoms with Crippen molar-refractivity contribution in [2.45, 2.75) is 19.4 Å². The average Bonchev–Trinajstić information content (AvgIpc) is 2.63. The van der Waals surface area contributed by atoms with Crippen molar-refractivity contribution in [1.29, 1.82) is 0 Å². The molecule has 26 heavy (non-hydrogen) atoms.